The molecule has 0 bridgehead atoms. The highest BCUT2D eigenvalue weighted by molar-refractivity contribution is 5.73. The molecule has 1 unspecified atom stereocenters. The molecule has 0 heterocycles. The lowest BCUT2D eigenvalue weighted by molar-refractivity contribution is -0.158. The fourth-order valence-electron chi connectivity index (χ4n) is 4.03. The lowest BCUT2D eigenvalue weighted by Gasteiger charge is -2.33. The number of ether oxygens (including phenoxy) is 1. The third-order valence-corrected chi connectivity index (χ3v) is 5.92. The molecule has 0 spiro atoms. The Bertz CT molecular complexity index is 322. The van der Waals surface area contributed by atoms with Gasteiger partial charge >= 0.3 is 5.97 Å². The lowest BCUT2D eigenvalue weighted by Crippen LogP contribution is -2.41. The summed E-state index contributed by atoms with van der Waals surface area (Å²) in [5.41, 5.74) is -0.889. The zero-order chi connectivity index (χ0) is 18.4. The van der Waals surface area contributed by atoms with E-state index in [-0.39, 0.29) is 5.97 Å². The molecule has 3 nitrogen and oxygen atoms in total. The van der Waals surface area contributed by atoms with Crippen LogP contribution in [-0.4, -0.2) is 23.3 Å². The van der Waals surface area contributed by atoms with Gasteiger partial charge < -0.3 is 9.84 Å². The van der Waals surface area contributed by atoms with E-state index in [0.717, 1.165) is 38.5 Å². The van der Waals surface area contributed by atoms with Gasteiger partial charge in [-0.05, 0) is 26.7 Å². The normalized spacial score (nSPS) is 23.3. The Morgan fingerprint density at radius 2 is 1.12 bits per heavy atom. The van der Waals surface area contributed by atoms with E-state index < -0.39 is 11.5 Å². The maximum atomic E-state index is 12.2. The first kappa shape index (κ1) is 22.5. The minimum Gasteiger partial charge on any atom is -0.466 e. The predicted octanol–water partition coefficient (Wildman–Crippen LogP) is 6.17. The van der Waals surface area contributed by atoms with E-state index in [1.54, 1.807) is 0 Å². The molecule has 25 heavy (non-hydrogen) atoms. The molecular formula is C22H42O3. The van der Waals surface area contributed by atoms with E-state index >= 15 is 0 Å². The molecule has 1 fully saturated rings. The molecule has 1 rings (SSSR count). The number of rotatable bonds is 3. The number of hydrogen-bond acceptors (Lipinski definition) is 3. The fraction of sp³-hybridized carbons (Fsp3) is 0.955. The maximum absolute atomic E-state index is 12.2. The van der Waals surface area contributed by atoms with Gasteiger partial charge in [0.25, 0.3) is 0 Å². The summed E-state index contributed by atoms with van der Waals surface area (Å²) in [4.78, 5) is 12.2. The Kier molecular flexibility index (Phi) is 12.2. The van der Waals surface area contributed by atoms with Crippen LogP contribution in [0.3, 0.4) is 0 Å². The van der Waals surface area contributed by atoms with Gasteiger partial charge in [0.2, 0.25) is 0 Å². The number of carbonyl (C=O) groups excluding carboxylic acids is 1. The summed E-state index contributed by atoms with van der Waals surface area (Å²) in [5, 5.41) is 11.2. The molecular weight excluding hydrogens is 312 g/mol. The molecule has 1 aliphatic carbocycles. The van der Waals surface area contributed by atoms with Gasteiger partial charge in [-0.25, -0.2) is 0 Å². The van der Waals surface area contributed by atoms with E-state index in [1.165, 1.54) is 64.2 Å². The summed E-state index contributed by atoms with van der Waals surface area (Å²) in [6, 6.07) is 0. The summed E-state index contributed by atoms with van der Waals surface area (Å²) in [7, 11) is 0. The summed E-state index contributed by atoms with van der Waals surface area (Å²) >= 11 is 0. The van der Waals surface area contributed by atoms with Gasteiger partial charge in [-0.15, -0.1) is 0 Å². The standard InChI is InChI=1S/C22H42O3/c1-3-25-21(23)20(2)22(24)18-16-14-12-10-8-6-4-5-7-9-11-13-15-17-19-22/h20,24H,3-19H2,1-2H3. The summed E-state index contributed by atoms with van der Waals surface area (Å²) in [5.74, 6) is -0.662. The first-order valence-electron chi connectivity index (χ1n) is 11.0. The van der Waals surface area contributed by atoms with Crippen molar-refractivity contribution in [1.29, 1.82) is 0 Å². The van der Waals surface area contributed by atoms with E-state index in [1.807, 2.05) is 13.8 Å². The van der Waals surface area contributed by atoms with Gasteiger partial charge in [-0.3, -0.25) is 4.79 Å². The Hall–Kier alpha value is -0.570. The highest BCUT2D eigenvalue weighted by Crippen LogP contribution is 2.31. The second-order valence-corrected chi connectivity index (χ2v) is 8.03. The highest BCUT2D eigenvalue weighted by atomic mass is 16.5. The molecule has 0 aromatic rings. The molecule has 1 aliphatic rings. The Morgan fingerprint density at radius 1 is 0.800 bits per heavy atom. The minimum atomic E-state index is -0.889. The SMILES string of the molecule is CCOC(=O)C(C)C1(O)CCCCCCCCCCCCCCCC1. The van der Waals surface area contributed by atoms with Crippen LogP contribution in [0.4, 0.5) is 0 Å². The van der Waals surface area contributed by atoms with Crippen molar-refractivity contribution >= 4 is 5.97 Å². The van der Waals surface area contributed by atoms with Crippen LogP contribution in [0.15, 0.2) is 0 Å². The van der Waals surface area contributed by atoms with Crippen LogP contribution < -0.4 is 0 Å². The van der Waals surface area contributed by atoms with Crippen molar-refractivity contribution in [3.8, 4) is 0 Å². The van der Waals surface area contributed by atoms with Crippen molar-refractivity contribution < 1.29 is 14.6 Å². The lowest BCUT2D eigenvalue weighted by atomic mass is 9.80. The summed E-state index contributed by atoms with van der Waals surface area (Å²) in [6.45, 7) is 4.07. The van der Waals surface area contributed by atoms with Crippen molar-refractivity contribution in [3.63, 3.8) is 0 Å². The van der Waals surface area contributed by atoms with Crippen LogP contribution in [0, 0.1) is 5.92 Å². The molecule has 0 aromatic carbocycles. The quantitative estimate of drug-likeness (QED) is 0.616. The van der Waals surface area contributed by atoms with Gasteiger partial charge in [0.1, 0.15) is 0 Å². The van der Waals surface area contributed by atoms with Crippen LogP contribution in [0.1, 0.15) is 117 Å². The molecule has 0 aliphatic heterocycles. The van der Waals surface area contributed by atoms with Crippen LogP contribution in [0.5, 0.6) is 0 Å². The minimum absolute atomic E-state index is 0.240. The number of esters is 1. The largest absolute Gasteiger partial charge is 0.466 e. The molecule has 0 amide bonds. The molecule has 0 radical (unpaired) electrons. The average molecular weight is 355 g/mol. The van der Waals surface area contributed by atoms with Crippen LogP contribution in [0.25, 0.3) is 0 Å². The third kappa shape index (κ3) is 9.63. The third-order valence-electron chi connectivity index (χ3n) is 5.92. The Balaban J connectivity index is 2.55. The van der Waals surface area contributed by atoms with E-state index in [9.17, 15) is 9.90 Å². The van der Waals surface area contributed by atoms with Crippen molar-refractivity contribution in [2.75, 3.05) is 6.61 Å². The molecule has 0 aromatic heterocycles. The van der Waals surface area contributed by atoms with Gasteiger partial charge in [0.15, 0.2) is 0 Å². The monoisotopic (exact) mass is 354 g/mol. The summed E-state index contributed by atoms with van der Waals surface area (Å²) in [6.07, 6.45) is 19.2. The molecule has 0 saturated heterocycles. The smallest absolute Gasteiger partial charge is 0.311 e. The second-order valence-electron chi connectivity index (χ2n) is 8.03. The Labute approximate surface area is 155 Å². The van der Waals surface area contributed by atoms with E-state index in [0.29, 0.717) is 6.61 Å². The molecule has 1 saturated carbocycles. The van der Waals surface area contributed by atoms with Crippen LogP contribution in [-0.2, 0) is 9.53 Å². The average Bonchev–Trinajstić information content (AvgIpc) is 2.60. The number of carbonyl (C=O) groups is 1. The number of aliphatic hydroxyl groups is 1. The zero-order valence-electron chi connectivity index (χ0n) is 16.9. The van der Waals surface area contributed by atoms with Gasteiger partial charge in [0.05, 0.1) is 18.1 Å². The zero-order valence-corrected chi connectivity index (χ0v) is 16.9. The van der Waals surface area contributed by atoms with Crippen LogP contribution >= 0.6 is 0 Å². The van der Waals surface area contributed by atoms with Crippen molar-refractivity contribution in [3.05, 3.63) is 0 Å². The van der Waals surface area contributed by atoms with Gasteiger partial charge in [-0.1, -0.05) is 89.9 Å². The first-order chi connectivity index (χ1) is 12.1. The fourth-order valence-corrected chi connectivity index (χ4v) is 4.03. The molecule has 148 valence electrons. The predicted molar refractivity (Wildman–Crippen MR) is 105 cm³/mol. The van der Waals surface area contributed by atoms with E-state index in [2.05, 4.69) is 0 Å². The van der Waals surface area contributed by atoms with Crippen molar-refractivity contribution in [1.82, 2.24) is 0 Å². The topological polar surface area (TPSA) is 46.5 Å². The first-order valence-corrected chi connectivity index (χ1v) is 11.0. The van der Waals surface area contributed by atoms with Crippen LogP contribution in [0.2, 0.25) is 0 Å². The molecule has 1 atom stereocenters. The summed E-state index contributed by atoms with van der Waals surface area (Å²) < 4.78 is 5.18. The van der Waals surface area contributed by atoms with Gasteiger partial charge in [0, 0.05) is 0 Å². The molecule has 3 heteroatoms. The van der Waals surface area contributed by atoms with E-state index in [4.69, 9.17) is 4.74 Å². The van der Waals surface area contributed by atoms with Gasteiger partial charge in [-0.2, -0.15) is 0 Å². The maximum Gasteiger partial charge on any atom is 0.311 e. The number of hydrogen-bond donors (Lipinski definition) is 1. The van der Waals surface area contributed by atoms with Crippen molar-refractivity contribution in [2.45, 2.75) is 122 Å². The Morgan fingerprint density at radius 3 is 1.44 bits per heavy atom. The second kappa shape index (κ2) is 13.6. The highest BCUT2D eigenvalue weighted by Gasteiger charge is 2.38. The molecule has 1 N–H and O–H groups in total. The van der Waals surface area contributed by atoms with Crippen molar-refractivity contribution in [2.24, 2.45) is 5.92 Å².